The van der Waals surface area contributed by atoms with Gasteiger partial charge in [0.2, 0.25) is 0 Å². The van der Waals surface area contributed by atoms with Gasteiger partial charge in [0, 0.05) is 13.0 Å². The molecule has 0 aliphatic heterocycles. The van der Waals surface area contributed by atoms with Crippen molar-refractivity contribution < 1.29 is 43.0 Å². The van der Waals surface area contributed by atoms with E-state index in [2.05, 4.69) is 86.8 Å². The van der Waals surface area contributed by atoms with Crippen LogP contribution < -0.4 is 0 Å². The predicted octanol–water partition coefficient (Wildman–Crippen LogP) is 12.9. The van der Waals surface area contributed by atoms with E-state index >= 15 is 0 Å². The molecule has 0 fully saturated rings. The molecule has 0 saturated carbocycles. The Labute approximate surface area is 354 Å². The van der Waals surface area contributed by atoms with Crippen molar-refractivity contribution in [2.24, 2.45) is 0 Å². The molecule has 0 rings (SSSR count). The summed E-state index contributed by atoms with van der Waals surface area (Å²) in [7, 11) is -4.53. The van der Waals surface area contributed by atoms with Gasteiger partial charge in [-0.2, -0.15) is 0 Å². The van der Waals surface area contributed by atoms with Crippen molar-refractivity contribution in [3.8, 4) is 0 Å². The Kier molecular flexibility index (Phi) is 42.8. The standard InChI is InChI=1S/C48H85O9P/c1-3-5-7-9-11-13-15-17-18-19-20-21-22-23-24-25-26-27-29-31-33-35-37-39-41-54-44-47(45-56-58(52,53)55-43-46(50)42-49)57-48(51)40-38-36-34-32-30-28-16-14-12-10-8-6-4-2/h5,7-8,10-11,13-14,16-18,20-21,46-47,49-50H,3-4,6,9,12,15,19,22-45H2,1-2H3,(H,52,53)/b7-5-,10-8-,13-11-,16-14-,18-17-,21-20-. The lowest BCUT2D eigenvalue weighted by molar-refractivity contribution is -0.154. The summed E-state index contributed by atoms with van der Waals surface area (Å²) in [6.45, 7) is 3.31. The third-order valence-electron chi connectivity index (χ3n) is 9.36. The molecular weight excluding hydrogens is 751 g/mol. The Bertz CT molecular complexity index is 1130. The van der Waals surface area contributed by atoms with Crippen LogP contribution in [0.5, 0.6) is 0 Å². The van der Waals surface area contributed by atoms with Crippen LogP contribution in [0.2, 0.25) is 0 Å². The molecule has 0 aliphatic rings. The first-order valence-electron chi connectivity index (χ1n) is 22.9. The normalized spacial score (nSPS) is 14.6. The Morgan fingerprint density at radius 2 is 0.983 bits per heavy atom. The van der Waals surface area contributed by atoms with Crippen LogP contribution in [0.25, 0.3) is 0 Å². The van der Waals surface area contributed by atoms with Crippen LogP contribution in [0, 0.1) is 0 Å². The Morgan fingerprint density at radius 1 is 0.552 bits per heavy atom. The van der Waals surface area contributed by atoms with Crippen LogP contribution in [-0.2, 0) is 27.9 Å². The molecule has 0 bridgehead atoms. The van der Waals surface area contributed by atoms with E-state index in [0.717, 1.165) is 89.9 Å². The van der Waals surface area contributed by atoms with Gasteiger partial charge in [-0.05, 0) is 77.0 Å². The molecule has 0 heterocycles. The van der Waals surface area contributed by atoms with Crippen molar-refractivity contribution in [2.45, 2.75) is 193 Å². The van der Waals surface area contributed by atoms with Gasteiger partial charge in [0.1, 0.15) is 12.2 Å². The monoisotopic (exact) mass is 837 g/mol. The molecule has 0 radical (unpaired) electrons. The number of phosphoric acid groups is 1. The van der Waals surface area contributed by atoms with Gasteiger partial charge in [0.05, 0.1) is 26.4 Å². The average Bonchev–Trinajstić information content (AvgIpc) is 3.21. The van der Waals surface area contributed by atoms with Crippen LogP contribution in [0.1, 0.15) is 181 Å². The molecule has 0 saturated heterocycles. The zero-order valence-corrected chi connectivity index (χ0v) is 37.6. The van der Waals surface area contributed by atoms with Crippen LogP contribution in [0.3, 0.4) is 0 Å². The molecule has 336 valence electrons. The number of ether oxygens (including phenoxy) is 2. The predicted molar refractivity (Wildman–Crippen MR) is 242 cm³/mol. The van der Waals surface area contributed by atoms with E-state index in [4.69, 9.17) is 23.6 Å². The van der Waals surface area contributed by atoms with Crippen molar-refractivity contribution in [3.05, 3.63) is 72.9 Å². The Hall–Kier alpha value is -2.10. The zero-order valence-electron chi connectivity index (χ0n) is 36.7. The Balaban J connectivity index is 4.09. The molecule has 3 unspecified atom stereocenters. The van der Waals surface area contributed by atoms with E-state index in [9.17, 15) is 19.4 Å². The van der Waals surface area contributed by atoms with Crippen molar-refractivity contribution in [1.82, 2.24) is 0 Å². The van der Waals surface area contributed by atoms with Crippen LogP contribution in [0.15, 0.2) is 72.9 Å². The minimum Gasteiger partial charge on any atom is -0.457 e. The molecule has 9 nitrogen and oxygen atoms in total. The number of hydrogen-bond donors (Lipinski definition) is 3. The minimum atomic E-state index is -4.53. The maximum atomic E-state index is 12.6. The summed E-state index contributed by atoms with van der Waals surface area (Å²) >= 11 is 0. The van der Waals surface area contributed by atoms with E-state index in [0.29, 0.717) is 13.0 Å². The topological polar surface area (TPSA) is 132 Å². The molecule has 10 heteroatoms. The highest BCUT2D eigenvalue weighted by atomic mass is 31.2. The lowest BCUT2D eigenvalue weighted by Crippen LogP contribution is -2.29. The van der Waals surface area contributed by atoms with Crippen molar-refractivity contribution in [2.75, 3.05) is 33.0 Å². The second-order valence-corrected chi connectivity index (χ2v) is 16.5. The summed E-state index contributed by atoms with van der Waals surface area (Å²) in [6.07, 6.45) is 52.9. The van der Waals surface area contributed by atoms with Gasteiger partial charge < -0.3 is 24.6 Å². The number of allylic oxidation sites excluding steroid dienone is 12. The summed E-state index contributed by atoms with van der Waals surface area (Å²) in [5.74, 6) is -0.400. The fourth-order valence-electron chi connectivity index (χ4n) is 5.91. The Morgan fingerprint density at radius 3 is 1.48 bits per heavy atom. The average molecular weight is 837 g/mol. The second kappa shape index (κ2) is 44.5. The van der Waals surface area contributed by atoms with Crippen LogP contribution in [-0.4, -0.2) is 66.3 Å². The smallest absolute Gasteiger partial charge is 0.457 e. The number of aliphatic hydroxyl groups is 2. The molecule has 3 N–H and O–H groups in total. The van der Waals surface area contributed by atoms with Gasteiger partial charge in [-0.3, -0.25) is 13.8 Å². The van der Waals surface area contributed by atoms with Gasteiger partial charge in [0.25, 0.3) is 0 Å². The maximum absolute atomic E-state index is 12.6. The van der Waals surface area contributed by atoms with Crippen molar-refractivity contribution in [1.29, 1.82) is 0 Å². The number of phosphoric ester groups is 1. The minimum absolute atomic E-state index is 0.0381. The highest BCUT2D eigenvalue weighted by Crippen LogP contribution is 2.43. The number of aliphatic hydroxyl groups excluding tert-OH is 2. The van der Waals surface area contributed by atoms with Gasteiger partial charge in [-0.1, -0.05) is 170 Å². The van der Waals surface area contributed by atoms with Crippen molar-refractivity contribution >= 4 is 13.8 Å². The van der Waals surface area contributed by atoms with Gasteiger partial charge >= 0.3 is 13.8 Å². The van der Waals surface area contributed by atoms with Gasteiger partial charge in [0.15, 0.2) is 0 Å². The first-order valence-corrected chi connectivity index (χ1v) is 24.4. The number of carbonyl (C=O) groups excluding carboxylic acids is 1. The summed E-state index contributed by atoms with van der Waals surface area (Å²) < 4.78 is 33.4. The first-order chi connectivity index (χ1) is 28.3. The lowest BCUT2D eigenvalue weighted by Gasteiger charge is -2.20. The largest absolute Gasteiger partial charge is 0.472 e. The van der Waals surface area contributed by atoms with Gasteiger partial charge in [-0.15, -0.1) is 0 Å². The summed E-state index contributed by atoms with van der Waals surface area (Å²) in [5, 5.41) is 18.4. The maximum Gasteiger partial charge on any atom is 0.472 e. The van der Waals surface area contributed by atoms with E-state index in [-0.39, 0.29) is 19.6 Å². The van der Waals surface area contributed by atoms with E-state index < -0.39 is 39.2 Å². The number of unbranched alkanes of at least 4 members (excludes halogenated alkanes) is 17. The lowest BCUT2D eigenvalue weighted by atomic mass is 10.1. The quantitative estimate of drug-likeness (QED) is 0.0238. The van der Waals surface area contributed by atoms with Crippen LogP contribution >= 0.6 is 7.82 Å². The number of rotatable bonds is 43. The molecule has 0 aromatic heterocycles. The number of hydrogen-bond acceptors (Lipinski definition) is 8. The molecule has 0 spiro atoms. The van der Waals surface area contributed by atoms with Gasteiger partial charge in [-0.25, -0.2) is 4.57 Å². The molecule has 0 aromatic rings. The zero-order chi connectivity index (χ0) is 42.5. The van der Waals surface area contributed by atoms with E-state index in [1.54, 1.807) is 0 Å². The highest BCUT2D eigenvalue weighted by Gasteiger charge is 2.26. The molecular formula is C48H85O9P. The summed E-state index contributed by atoms with van der Waals surface area (Å²) in [4.78, 5) is 22.6. The molecule has 0 aromatic carbocycles. The number of carbonyl (C=O) groups is 1. The second-order valence-electron chi connectivity index (χ2n) is 15.0. The molecule has 3 atom stereocenters. The summed E-state index contributed by atoms with van der Waals surface area (Å²) in [6, 6.07) is 0. The molecule has 0 aliphatic carbocycles. The van der Waals surface area contributed by atoms with E-state index in [1.807, 2.05) is 0 Å². The SMILES string of the molecule is CC/C=C\C/C=C\C/C=C\C/C=C\CCCCCCCCCCCCCOCC(COP(=O)(O)OCC(O)CO)OC(=O)CCCCCCC/C=C\C/C=C\CCC. The summed E-state index contributed by atoms with van der Waals surface area (Å²) in [5.41, 5.74) is 0. The fraction of sp³-hybridized carbons (Fsp3) is 0.729. The first kappa shape index (κ1) is 55.9. The molecule has 0 amide bonds. The highest BCUT2D eigenvalue weighted by molar-refractivity contribution is 7.47. The van der Waals surface area contributed by atoms with Crippen molar-refractivity contribution in [3.63, 3.8) is 0 Å². The molecule has 58 heavy (non-hydrogen) atoms. The third kappa shape index (κ3) is 43.5. The third-order valence-corrected chi connectivity index (χ3v) is 10.3. The fourth-order valence-corrected chi connectivity index (χ4v) is 6.70. The van der Waals surface area contributed by atoms with E-state index in [1.165, 1.54) is 64.2 Å². The van der Waals surface area contributed by atoms with Crippen LogP contribution in [0.4, 0.5) is 0 Å². The number of esters is 1.